The quantitative estimate of drug-likeness (QED) is 0.845. The van der Waals surface area contributed by atoms with Crippen molar-refractivity contribution in [3.8, 4) is 0 Å². The standard InChI is InChI=1S/C14H17BrN2O2S/c1-8-3-13(12(16)5-11(8)15)17-6-10(4-14(17)19)7-20-9(2)18/h3,5,10H,4,6-7,16H2,1-2H3. The molecule has 0 spiro atoms. The molecule has 20 heavy (non-hydrogen) atoms. The molecule has 2 N–H and O–H groups in total. The van der Waals surface area contributed by atoms with E-state index in [1.165, 1.54) is 11.8 Å². The van der Waals surface area contributed by atoms with Gasteiger partial charge in [-0.15, -0.1) is 0 Å². The number of nitrogen functional groups attached to an aromatic ring is 1. The molecule has 1 aliphatic heterocycles. The van der Waals surface area contributed by atoms with E-state index in [0.29, 0.717) is 24.4 Å². The number of rotatable bonds is 3. The number of halogens is 1. The third-order valence-corrected chi connectivity index (χ3v) is 5.23. The Morgan fingerprint density at radius 3 is 2.90 bits per heavy atom. The molecular formula is C14H17BrN2O2S. The van der Waals surface area contributed by atoms with Crippen LogP contribution in [0.4, 0.5) is 11.4 Å². The lowest BCUT2D eigenvalue weighted by molar-refractivity contribution is -0.117. The van der Waals surface area contributed by atoms with Crippen LogP contribution in [0.1, 0.15) is 18.9 Å². The third kappa shape index (κ3) is 3.35. The lowest BCUT2D eigenvalue weighted by Gasteiger charge is -2.20. The predicted octanol–water partition coefficient (Wildman–Crippen LogP) is 2.97. The van der Waals surface area contributed by atoms with Crippen LogP contribution in [0.3, 0.4) is 0 Å². The number of amides is 1. The maximum atomic E-state index is 12.1. The maximum absolute atomic E-state index is 12.1. The van der Waals surface area contributed by atoms with Crippen molar-refractivity contribution < 1.29 is 9.59 Å². The zero-order valence-corrected chi connectivity index (χ0v) is 13.9. The summed E-state index contributed by atoms with van der Waals surface area (Å²) in [5.41, 5.74) is 8.42. The van der Waals surface area contributed by atoms with E-state index in [0.717, 1.165) is 15.7 Å². The summed E-state index contributed by atoms with van der Waals surface area (Å²) in [5, 5.41) is 0.0925. The summed E-state index contributed by atoms with van der Waals surface area (Å²) in [6, 6.07) is 3.76. The van der Waals surface area contributed by atoms with Gasteiger partial charge in [-0.05, 0) is 30.5 Å². The first-order chi connectivity index (χ1) is 9.38. The van der Waals surface area contributed by atoms with Crippen LogP contribution in [0, 0.1) is 12.8 Å². The molecule has 1 amide bonds. The van der Waals surface area contributed by atoms with E-state index in [1.54, 1.807) is 11.8 Å². The number of carbonyl (C=O) groups is 2. The zero-order valence-electron chi connectivity index (χ0n) is 11.5. The molecule has 1 atom stereocenters. The van der Waals surface area contributed by atoms with E-state index in [1.807, 2.05) is 19.1 Å². The second kappa shape index (κ2) is 6.18. The van der Waals surface area contributed by atoms with Gasteiger partial charge in [0, 0.05) is 30.1 Å². The van der Waals surface area contributed by atoms with Gasteiger partial charge in [0.15, 0.2) is 5.12 Å². The summed E-state index contributed by atoms with van der Waals surface area (Å²) in [7, 11) is 0. The largest absolute Gasteiger partial charge is 0.397 e. The van der Waals surface area contributed by atoms with Crippen molar-refractivity contribution in [1.29, 1.82) is 0 Å². The van der Waals surface area contributed by atoms with Crippen LogP contribution < -0.4 is 10.6 Å². The van der Waals surface area contributed by atoms with Gasteiger partial charge < -0.3 is 10.6 Å². The van der Waals surface area contributed by atoms with Gasteiger partial charge in [0.05, 0.1) is 11.4 Å². The third-order valence-electron chi connectivity index (χ3n) is 3.33. The molecule has 6 heteroatoms. The van der Waals surface area contributed by atoms with Crippen LogP contribution in [0.5, 0.6) is 0 Å². The van der Waals surface area contributed by atoms with Crippen molar-refractivity contribution in [3.05, 3.63) is 22.2 Å². The van der Waals surface area contributed by atoms with Gasteiger partial charge in [0.25, 0.3) is 0 Å². The van der Waals surface area contributed by atoms with Gasteiger partial charge in [-0.1, -0.05) is 27.7 Å². The Hall–Kier alpha value is -1.01. The lowest BCUT2D eigenvalue weighted by atomic mass is 10.1. The normalized spacial score (nSPS) is 18.6. The topological polar surface area (TPSA) is 63.4 Å². The number of benzene rings is 1. The molecule has 1 fully saturated rings. The Morgan fingerprint density at radius 2 is 2.25 bits per heavy atom. The van der Waals surface area contributed by atoms with Gasteiger partial charge >= 0.3 is 0 Å². The van der Waals surface area contributed by atoms with Crippen LogP contribution in [-0.2, 0) is 9.59 Å². The van der Waals surface area contributed by atoms with Gasteiger partial charge in [0.2, 0.25) is 5.91 Å². The zero-order chi connectivity index (χ0) is 14.9. The van der Waals surface area contributed by atoms with E-state index in [4.69, 9.17) is 5.73 Å². The van der Waals surface area contributed by atoms with E-state index >= 15 is 0 Å². The number of nitrogens with zero attached hydrogens (tertiary/aromatic N) is 1. The monoisotopic (exact) mass is 356 g/mol. The van der Waals surface area contributed by atoms with Gasteiger partial charge in [-0.2, -0.15) is 0 Å². The molecule has 0 bridgehead atoms. The highest BCUT2D eigenvalue weighted by Crippen LogP contribution is 2.34. The fourth-order valence-electron chi connectivity index (χ4n) is 2.28. The highest BCUT2D eigenvalue weighted by molar-refractivity contribution is 9.10. The number of aryl methyl sites for hydroxylation is 1. The fourth-order valence-corrected chi connectivity index (χ4v) is 3.33. The van der Waals surface area contributed by atoms with E-state index in [2.05, 4.69) is 15.9 Å². The van der Waals surface area contributed by atoms with E-state index in [-0.39, 0.29) is 16.9 Å². The smallest absolute Gasteiger partial charge is 0.227 e. The average molecular weight is 357 g/mol. The number of hydrogen-bond acceptors (Lipinski definition) is 4. The first-order valence-electron chi connectivity index (χ1n) is 6.38. The molecule has 0 aliphatic carbocycles. The van der Waals surface area contributed by atoms with Crippen molar-refractivity contribution in [1.82, 2.24) is 0 Å². The summed E-state index contributed by atoms with van der Waals surface area (Å²) in [6.07, 6.45) is 0.481. The first-order valence-corrected chi connectivity index (χ1v) is 8.15. The molecule has 0 radical (unpaired) electrons. The maximum Gasteiger partial charge on any atom is 0.227 e. The second-order valence-electron chi connectivity index (χ2n) is 5.04. The Labute approximate surface area is 131 Å². The highest BCUT2D eigenvalue weighted by Gasteiger charge is 2.31. The highest BCUT2D eigenvalue weighted by atomic mass is 79.9. The summed E-state index contributed by atoms with van der Waals surface area (Å²) >= 11 is 4.71. The molecule has 0 saturated carbocycles. The molecule has 1 unspecified atom stereocenters. The van der Waals surface area contributed by atoms with Crippen LogP contribution in [0.15, 0.2) is 16.6 Å². The van der Waals surface area contributed by atoms with E-state index in [9.17, 15) is 9.59 Å². The number of hydrogen-bond donors (Lipinski definition) is 1. The van der Waals surface area contributed by atoms with Crippen molar-refractivity contribution in [2.45, 2.75) is 20.3 Å². The number of anilines is 2. The summed E-state index contributed by atoms with van der Waals surface area (Å²) < 4.78 is 0.939. The minimum absolute atomic E-state index is 0.0765. The van der Waals surface area contributed by atoms with Crippen LogP contribution in [-0.4, -0.2) is 23.3 Å². The fraction of sp³-hybridized carbons (Fsp3) is 0.429. The van der Waals surface area contributed by atoms with Gasteiger partial charge in [0.1, 0.15) is 0 Å². The van der Waals surface area contributed by atoms with Crippen LogP contribution in [0.25, 0.3) is 0 Å². The Kier molecular flexibility index (Phi) is 4.75. The molecular weight excluding hydrogens is 340 g/mol. The Bertz CT molecular complexity index is 562. The Morgan fingerprint density at radius 1 is 1.55 bits per heavy atom. The average Bonchev–Trinajstić information content (AvgIpc) is 2.72. The summed E-state index contributed by atoms with van der Waals surface area (Å²) in [6.45, 7) is 4.15. The molecule has 0 aromatic heterocycles. The first kappa shape index (κ1) is 15.4. The number of thioether (sulfide) groups is 1. The molecule has 1 aromatic carbocycles. The predicted molar refractivity (Wildman–Crippen MR) is 86.9 cm³/mol. The van der Waals surface area contributed by atoms with E-state index < -0.39 is 0 Å². The van der Waals surface area contributed by atoms with Crippen LogP contribution >= 0.6 is 27.7 Å². The summed E-state index contributed by atoms with van der Waals surface area (Å²) in [5.74, 6) is 0.972. The molecule has 4 nitrogen and oxygen atoms in total. The van der Waals surface area contributed by atoms with Crippen molar-refractivity contribution in [3.63, 3.8) is 0 Å². The lowest BCUT2D eigenvalue weighted by Crippen LogP contribution is -2.25. The van der Waals surface area contributed by atoms with Crippen molar-refractivity contribution in [2.75, 3.05) is 22.9 Å². The van der Waals surface area contributed by atoms with Crippen LogP contribution in [0.2, 0.25) is 0 Å². The Balaban J connectivity index is 2.16. The molecule has 1 saturated heterocycles. The SMILES string of the molecule is CC(=O)SCC1CC(=O)N(c2cc(C)c(Br)cc2N)C1. The van der Waals surface area contributed by atoms with Crippen molar-refractivity contribution in [2.24, 2.45) is 5.92 Å². The van der Waals surface area contributed by atoms with Gasteiger partial charge in [-0.3, -0.25) is 9.59 Å². The molecule has 1 aromatic rings. The minimum atomic E-state index is 0.0765. The minimum Gasteiger partial charge on any atom is -0.397 e. The van der Waals surface area contributed by atoms with Crippen molar-refractivity contribution >= 4 is 50.1 Å². The van der Waals surface area contributed by atoms with Gasteiger partial charge in [-0.25, -0.2) is 0 Å². The number of carbonyl (C=O) groups excluding carboxylic acids is 2. The summed E-state index contributed by atoms with van der Waals surface area (Å²) in [4.78, 5) is 24.9. The molecule has 108 valence electrons. The molecule has 2 rings (SSSR count). The second-order valence-corrected chi connectivity index (χ2v) is 7.09. The molecule has 1 aliphatic rings. The number of nitrogens with two attached hydrogens (primary N) is 1. The molecule has 1 heterocycles.